The Morgan fingerprint density at radius 2 is 1.74 bits per heavy atom. The molecule has 3 atom stereocenters. The fraction of sp³-hybridized carbons (Fsp3) is 0.867. The lowest BCUT2D eigenvalue weighted by Crippen LogP contribution is -2.43. The average molecular weight is 267 g/mol. The van der Waals surface area contributed by atoms with E-state index in [2.05, 4.69) is 19.2 Å². The van der Waals surface area contributed by atoms with Crippen LogP contribution in [0.1, 0.15) is 58.8 Å². The fourth-order valence-electron chi connectivity index (χ4n) is 3.61. The Morgan fingerprint density at radius 3 is 2.26 bits per heavy atom. The van der Waals surface area contributed by atoms with Crippen LogP contribution in [0.25, 0.3) is 0 Å². The van der Waals surface area contributed by atoms with Crippen molar-refractivity contribution >= 4 is 11.9 Å². The summed E-state index contributed by atoms with van der Waals surface area (Å²) in [6.45, 7) is 4.44. The Balaban J connectivity index is 1.93. The van der Waals surface area contributed by atoms with E-state index < -0.39 is 11.9 Å². The molecule has 0 spiro atoms. The molecule has 0 heterocycles. The van der Waals surface area contributed by atoms with E-state index in [1.54, 1.807) is 0 Å². The lowest BCUT2D eigenvalue weighted by atomic mass is 9.78. The predicted molar refractivity (Wildman–Crippen MR) is 72.6 cm³/mol. The molecule has 2 N–H and O–H groups in total. The summed E-state index contributed by atoms with van der Waals surface area (Å²) in [5, 5.41) is 12.3. The highest BCUT2D eigenvalue weighted by molar-refractivity contribution is 5.85. The van der Waals surface area contributed by atoms with Crippen LogP contribution >= 0.6 is 0 Å². The molecule has 2 rings (SSSR count). The number of aliphatic carboxylic acids is 1. The van der Waals surface area contributed by atoms with Gasteiger partial charge in [0.2, 0.25) is 5.91 Å². The third-order valence-corrected chi connectivity index (χ3v) is 4.73. The van der Waals surface area contributed by atoms with Gasteiger partial charge in [-0.25, -0.2) is 0 Å². The van der Waals surface area contributed by atoms with Crippen molar-refractivity contribution < 1.29 is 14.7 Å². The lowest BCUT2D eigenvalue weighted by molar-refractivity contribution is -0.149. The van der Waals surface area contributed by atoms with Gasteiger partial charge >= 0.3 is 5.97 Å². The van der Waals surface area contributed by atoms with E-state index in [1.165, 1.54) is 0 Å². The van der Waals surface area contributed by atoms with E-state index in [9.17, 15) is 14.7 Å². The van der Waals surface area contributed by atoms with Crippen LogP contribution in [0.4, 0.5) is 0 Å². The number of carbonyl (C=O) groups is 2. The van der Waals surface area contributed by atoms with Crippen molar-refractivity contribution in [2.45, 2.75) is 64.8 Å². The van der Waals surface area contributed by atoms with Gasteiger partial charge in [-0.05, 0) is 37.5 Å². The zero-order valence-electron chi connectivity index (χ0n) is 11.9. The molecule has 2 saturated carbocycles. The Labute approximate surface area is 115 Å². The van der Waals surface area contributed by atoms with Crippen molar-refractivity contribution in [3.63, 3.8) is 0 Å². The van der Waals surface area contributed by atoms with Crippen molar-refractivity contribution in [2.75, 3.05) is 0 Å². The fourth-order valence-corrected chi connectivity index (χ4v) is 3.61. The third-order valence-electron chi connectivity index (χ3n) is 4.73. The number of carbonyl (C=O) groups excluding carboxylic acids is 1. The van der Waals surface area contributed by atoms with Gasteiger partial charge in [0.05, 0.1) is 11.8 Å². The molecule has 0 saturated heterocycles. The molecular weight excluding hydrogens is 242 g/mol. The minimum atomic E-state index is -0.813. The Kier molecular flexibility index (Phi) is 4.16. The molecule has 0 aromatic carbocycles. The van der Waals surface area contributed by atoms with E-state index in [1.807, 2.05) is 0 Å². The summed E-state index contributed by atoms with van der Waals surface area (Å²) in [5.41, 5.74) is 0.302. The summed E-state index contributed by atoms with van der Waals surface area (Å²) in [5.74, 6) is -1.65. The van der Waals surface area contributed by atoms with Gasteiger partial charge < -0.3 is 10.4 Å². The molecule has 108 valence electrons. The van der Waals surface area contributed by atoms with Crippen LogP contribution in [0.3, 0.4) is 0 Å². The number of hydrogen-bond donors (Lipinski definition) is 2. The van der Waals surface area contributed by atoms with Gasteiger partial charge in [0.25, 0.3) is 0 Å². The lowest BCUT2D eigenvalue weighted by Gasteiger charge is -2.29. The molecule has 1 amide bonds. The first-order chi connectivity index (χ1) is 8.89. The first kappa shape index (κ1) is 14.4. The maximum absolute atomic E-state index is 12.3. The van der Waals surface area contributed by atoms with Crippen LogP contribution in [-0.2, 0) is 9.59 Å². The monoisotopic (exact) mass is 267 g/mol. The van der Waals surface area contributed by atoms with E-state index in [0.29, 0.717) is 11.8 Å². The van der Waals surface area contributed by atoms with Crippen molar-refractivity contribution in [1.82, 2.24) is 5.32 Å². The molecule has 2 fully saturated rings. The number of amides is 1. The number of carboxylic acids is 1. The number of nitrogens with one attached hydrogen (secondary N) is 1. The van der Waals surface area contributed by atoms with Crippen LogP contribution in [0.5, 0.6) is 0 Å². The summed E-state index contributed by atoms with van der Waals surface area (Å²) >= 11 is 0. The minimum absolute atomic E-state index is 0.0326. The maximum atomic E-state index is 12.3. The third kappa shape index (κ3) is 3.48. The van der Waals surface area contributed by atoms with Crippen LogP contribution < -0.4 is 5.32 Å². The van der Waals surface area contributed by atoms with Crippen LogP contribution in [-0.4, -0.2) is 23.0 Å². The quantitative estimate of drug-likeness (QED) is 0.826. The van der Waals surface area contributed by atoms with Gasteiger partial charge in [-0.1, -0.05) is 26.7 Å². The van der Waals surface area contributed by atoms with Gasteiger partial charge in [0, 0.05) is 6.04 Å². The average Bonchev–Trinajstić information content (AvgIpc) is 2.68. The molecule has 0 aromatic heterocycles. The molecule has 0 bridgehead atoms. The molecule has 4 nitrogen and oxygen atoms in total. The Bertz CT molecular complexity index is 364. The van der Waals surface area contributed by atoms with Crippen LogP contribution in [0.2, 0.25) is 0 Å². The second kappa shape index (κ2) is 5.51. The molecule has 1 unspecified atom stereocenters. The van der Waals surface area contributed by atoms with Gasteiger partial charge in [0.15, 0.2) is 0 Å². The van der Waals surface area contributed by atoms with Crippen LogP contribution in [0.15, 0.2) is 0 Å². The minimum Gasteiger partial charge on any atom is -0.481 e. The summed E-state index contributed by atoms with van der Waals surface area (Å²) < 4.78 is 0. The van der Waals surface area contributed by atoms with E-state index in [-0.39, 0.29) is 17.9 Å². The standard InChI is InChI=1S/C15H25NO3/c1-15(2)8-7-10(9-15)16-13(17)11-5-3-4-6-12(11)14(18)19/h10-12H,3-9H2,1-2H3,(H,16,17)(H,18,19)/t10?,11-,12+/m1/s1. The van der Waals surface area contributed by atoms with Gasteiger partial charge in [-0.2, -0.15) is 0 Å². The van der Waals surface area contributed by atoms with Gasteiger partial charge in [0.1, 0.15) is 0 Å². The summed E-state index contributed by atoms with van der Waals surface area (Å²) in [7, 11) is 0. The zero-order valence-corrected chi connectivity index (χ0v) is 11.9. The van der Waals surface area contributed by atoms with Gasteiger partial charge in [-0.3, -0.25) is 9.59 Å². The molecule has 2 aliphatic carbocycles. The van der Waals surface area contributed by atoms with E-state index in [4.69, 9.17) is 0 Å². The molecule has 4 heteroatoms. The van der Waals surface area contributed by atoms with Crippen molar-refractivity contribution in [3.05, 3.63) is 0 Å². The smallest absolute Gasteiger partial charge is 0.307 e. The second-order valence-corrected chi connectivity index (χ2v) is 6.95. The first-order valence-electron chi connectivity index (χ1n) is 7.42. The molecular formula is C15H25NO3. The van der Waals surface area contributed by atoms with Crippen molar-refractivity contribution in [2.24, 2.45) is 17.3 Å². The molecule has 2 aliphatic rings. The Morgan fingerprint density at radius 1 is 1.11 bits per heavy atom. The van der Waals surface area contributed by atoms with Crippen molar-refractivity contribution in [3.8, 4) is 0 Å². The summed E-state index contributed by atoms with van der Waals surface area (Å²) in [6.07, 6.45) is 6.41. The maximum Gasteiger partial charge on any atom is 0.307 e. The first-order valence-corrected chi connectivity index (χ1v) is 7.42. The highest BCUT2D eigenvalue weighted by Crippen LogP contribution is 2.37. The summed E-state index contributed by atoms with van der Waals surface area (Å²) in [4.78, 5) is 23.5. The summed E-state index contributed by atoms with van der Waals surface area (Å²) in [6, 6.07) is 0.235. The Hall–Kier alpha value is -1.06. The van der Waals surface area contributed by atoms with Crippen LogP contribution in [0, 0.1) is 17.3 Å². The predicted octanol–water partition coefficient (Wildman–Crippen LogP) is 2.57. The van der Waals surface area contributed by atoms with Crippen molar-refractivity contribution in [1.29, 1.82) is 0 Å². The highest BCUT2D eigenvalue weighted by Gasteiger charge is 2.38. The topological polar surface area (TPSA) is 66.4 Å². The number of hydrogen-bond acceptors (Lipinski definition) is 2. The molecule has 0 aromatic rings. The van der Waals surface area contributed by atoms with E-state index in [0.717, 1.165) is 38.5 Å². The SMILES string of the molecule is CC1(C)CCC(NC(=O)[C@@H]2CCCC[C@@H]2C(=O)O)C1. The largest absolute Gasteiger partial charge is 0.481 e. The second-order valence-electron chi connectivity index (χ2n) is 6.95. The highest BCUT2D eigenvalue weighted by atomic mass is 16.4. The zero-order chi connectivity index (χ0) is 14.0. The number of rotatable bonds is 3. The normalized spacial score (nSPS) is 33.9. The van der Waals surface area contributed by atoms with E-state index >= 15 is 0 Å². The number of carboxylic acid groups (broad SMARTS) is 1. The molecule has 19 heavy (non-hydrogen) atoms. The molecule has 0 radical (unpaired) electrons. The molecule has 0 aliphatic heterocycles. The van der Waals surface area contributed by atoms with Gasteiger partial charge in [-0.15, -0.1) is 0 Å².